The molecule has 0 radical (unpaired) electrons. The highest BCUT2D eigenvalue weighted by atomic mass is 32.1. The maximum Gasteiger partial charge on any atom is 0.234 e. The van der Waals surface area contributed by atoms with Crippen LogP contribution in [0.15, 0.2) is 36.4 Å². The molecule has 28 heavy (non-hydrogen) atoms. The molecule has 4 rings (SSSR count). The zero-order chi connectivity index (χ0) is 19.7. The van der Waals surface area contributed by atoms with Gasteiger partial charge in [-0.1, -0.05) is 29.5 Å². The minimum absolute atomic E-state index is 0.278. The van der Waals surface area contributed by atoms with E-state index >= 15 is 0 Å². The van der Waals surface area contributed by atoms with Crippen LogP contribution in [0.25, 0.3) is 15.5 Å². The first-order valence-electron chi connectivity index (χ1n) is 8.39. The summed E-state index contributed by atoms with van der Waals surface area (Å²) in [7, 11) is 4.68. The Morgan fingerprint density at radius 3 is 2.36 bits per heavy atom. The van der Waals surface area contributed by atoms with Gasteiger partial charge in [-0.2, -0.15) is 9.61 Å². The maximum atomic E-state index is 14.0. The predicted octanol–water partition coefficient (Wildman–Crippen LogP) is 3.61. The Morgan fingerprint density at radius 2 is 1.71 bits per heavy atom. The fraction of sp³-hybridized carbons (Fsp3) is 0.211. The van der Waals surface area contributed by atoms with E-state index in [1.54, 1.807) is 44.0 Å². The molecule has 0 aliphatic carbocycles. The van der Waals surface area contributed by atoms with Crippen molar-refractivity contribution in [1.82, 2.24) is 19.8 Å². The van der Waals surface area contributed by atoms with Crippen molar-refractivity contribution in [1.29, 1.82) is 0 Å². The summed E-state index contributed by atoms with van der Waals surface area (Å²) in [6.45, 7) is 0. The maximum absolute atomic E-state index is 14.0. The van der Waals surface area contributed by atoms with Crippen LogP contribution in [0.1, 0.15) is 11.4 Å². The Balaban J connectivity index is 1.75. The molecule has 0 N–H and O–H groups in total. The lowest BCUT2D eigenvalue weighted by Gasteiger charge is -2.13. The Kier molecular flexibility index (Phi) is 4.82. The van der Waals surface area contributed by atoms with E-state index in [9.17, 15) is 4.39 Å². The van der Waals surface area contributed by atoms with Crippen molar-refractivity contribution in [2.45, 2.75) is 6.42 Å². The molecule has 144 valence electrons. The summed E-state index contributed by atoms with van der Waals surface area (Å²) in [6, 6.07) is 10.2. The lowest BCUT2D eigenvalue weighted by Crippen LogP contribution is -2.00. The van der Waals surface area contributed by atoms with Gasteiger partial charge in [-0.05, 0) is 23.8 Å². The zero-order valence-corrected chi connectivity index (χ0v) is 16.3. The molecule has 0 bridgehead atoms. The molecule has 0 aliphatic rings. The van der Waals surface area contributed by atoms with Crippen LogP contribution in [0, 0.1) is 5.82 Å². The fourth-order valence-electron chi connectivity index (χ4n) is 2.90. The summed E-state index contributed by atoms with van der Waals surface area (Å²) in [4.78, 5) is 0.620. The number of benzene rings is 2. The highest BCUT2D eigenvalue weighted by molar-refractivity contribution is 7.19. The van der Waals surface area contributed by atoms with E-state index in [2.05, 4.69) is 15.3 Å². The second-order valence-corrected chi connectivity index (χ2v) is 6.86. The zero-order valence-electron chi connectivity index (χ0n) is 15.5. The van der Waals surface area contributed by atoms with E-state index < -0.39 is 0 Å². The number of rotatable bonds is 6. The summed E-state index contributed by atoms with van der Waals surface area (Å²) in [5, 5.41) is 13.6. The van der Waals surface area contributed by atoms with Crippen LogP contribution in [0.2, 0.25) is 0 Å². The van der Waals surface area contributed by atoms with Crippen molar-refractivity contribution in [3.05, 3.63) is 53.6 Å². The highest BCUT2D eigenvalue weighted by Crippen LogP contribution is 2.41. The monoisotopic (exact) mass is 400 g/mol. The Morgan fingerprint density at radius 1 is 1.00 bits per heavy atom. The van der Waals surface area contributed by atoms with Crippen LogP contribution in [0.5, 0.6) is 17.2 Å². The lowest BCUT2D eigenvalue weighted by atomic mass is 10.1. The van der Waals surface area contributed by atoms with Gasteiger partial charge < -0.3 is 14.2 Å². The van der Waals surface area contributed by atoms with Gasteiger partial charge in [0.2, 0.25) is 10.7 Å². The molecule has 0 fully saturated rings. The van der Waals surface area contributed by atoms with Crippen LogP contribution >= 0.6 is 11.3 Å². The van der Waals surface area contributed by atoms with Gasteiger partial charge in [0.05, 0.1) is 21.3 Å². The van der Waals surface area contributed by atoms with E-state index in [0.717, 1.165) is 5.56 Å². The van der Waals surface area contributed by atoms with Gasteiger partial charge in [0.15, 0.2) is 17.3 Å². The summed E-state index contributed by atoms with van der Waals surface area (Å²) < 4.78 is 31.8. The number of methoxy groups -OCH3 is 3. The largest absolute Gasteiger partial charge is 0.493 e. The molecule has 0 amide bonds. The third-order valence-electron chi connectivity index (χ3n) is 4.27. The van der Waals surface area contributed by atoms with Crippen LogP contribution in [0.4, 0.5) is 4.39 Å². The number of halogens is 1. The molecular weight excluding hydrogens is 383 g/mol. The number of aromatic nitrogens is 4. The molecule has 4 aromatic rings. The lowest BCUT2D eigenvalue weighted by molar-refractivity contribution is 0.324. The number of fused-ring (bicyclic) bond motifs is 1. The molecule has 0 unspecified atom stereocenters. The molecular formula is C19H17FN4O3S. The van der Waals surface area contributed by atoms with E-state index in [1.807, 2.05) is 12.1 Å². The van der Waals surface area contributed by atoms with Gasteiger partial charge >= 0.3 is 0 Å². The van der Waals surface area contributed by atoms with Gasteiger partial charge in [0, 0.05) is 12.0 Å². The Labute approximate surface area is 164 Å². The van der Waals surface area contributed by atoms with Crippen LogP contribution in [-0.4, -0.2) is 41.1 Å². The molecule has 2 aromatic heterocycles. The molecule has 9 heteroatoms. The van der Waals surface area contributed by atoms with E-state index in [1.165, 1.54) is 17.4 Å². The van der Waals surface area contributed by atoms with Gasteiger partial charge in [0.25, 0.3) is 0 Å². The average Bonchev–Trinajstić information content (AvgIpc) is 3.30. The molecule has 0 saturated carbocycles. The molecule has 0 spiro atoms. The van der Waals surface area contributed by atoms with Gasteiger partial charge in [-0.3, -0.25) is 0 Å². The Bertz CT molecular complexity index is 1120. The van der Waals surface area contributed by atoms with Gasteiger partial charge in [-0.15, -0.1) is 10.2 Å². The SMILES string of the molecule is COc1cc(-c2nn3c(Cc4ccccc4F)nnc3s2)cc(OC)c1OC. The topological polar surface area (TPSA) is 70.8 Å². The quantitative estimate of drug-likeness (QED) is 0.492. The molecule has 0 atom stereocenters. The van der Waals surface area contributed by atoms with Crippen LogP contribution in [-0.2, 0) is 6.42 Å². The van der Waals surface area contributed by atoms with E-state index in [4.69, 9.17) is 14.2 Å². The minimum Gasteiger partial charge on any atom is -0.493 e. The van der Waals surface area contributed by atoms with Crippen molar-refractivity contribution in [2.24, 2.45) is 0 Å². The summed E-state index contributed by atoms with van der Waals surface area (Å²) in [5.41, 5.74) is 1.33. The second kappa shape index (κ2) is 7.43. The van der Waals surface area contributed by atoms with Crippen LogP contribution in [0.3, 0.4) is 0 Å². The van der Waals surface area contributed by atoms with Gasteiger partial charge in [-0.25, -0.2) is 4.39 Å². The second-order valence-electron chi connectivity index (χ2n) is 5.90. The third-order valence-corrected chi connectivity index (χ3v) is 5.22. The van der Waals surface area contributed by atoms with Crippen LogP contribution < -0.4 is 14.2 Å². The smallest absolute Gasteiger partial charge is 0.234 e. The van der Waals surface area contributed by atoms with Crippen molar-refractivity contribution in [2.75, 3.05) is 21.3 Å². The summed E-state index contributed by atoms with van der Waals surface area (Å²) >= 11 is 1.37. The normalized spacial score (nSPS) is 11.0. The summed E-state index contributed by atoms with van der Waals surface area (Å²) in [6.07, 6.45) is 0.298. The molecule has 2 heterocycles. The minimum atomic E-state index is -0.278. The van der Waals surface area contributed by atoms with E-state index in [0.29, 0.717) is 45.0 Å². The number of hydrogen-bond donors (Lipinski definition) is 0. The standard InChI is InChI=1S/C19H17FN4O3S/c1-25-14-8-12(9-15(26-2)17(14)27-3)18-23-24-16(21-22-19(24)28-18)10-11-6-4-5-7-13(11)20/h4-9H,10H2,1-3H3. The third kappa shape index (κ3) is 3.13. The van der Waals surface area contributed by atoms with Crippen molar-refractivity contribution in [3.8, 4) is 27.8 Å². The first-order valence-corrected chi connectivity index (χ1v) is 9.21. The van der Waals surface area contributed by atoms with E-state index in [-0.39, 0.29) is 5.82 Å². The number of ether oxygens (including phenoxy) is 3. The van der Waals surface area contributed by atoms with Gasteiger partial charge in [0.1, 0.15) is 10.8 Å². The molecule has 7 nitrogen and oxygen atoms in total. The number of nitrogens with zero attached hydrogens (tertiary/aromatic N) is 4. The average molecular weight is 400 g/mol. The summed E-state index contributed by atoms with van der Waals surface area (Å²) in [5.74, 6) is 1.87. The molecule has 2 aromatic carbocycles. The highest BCUT2D eigenvalue weighted by Gasteiger charge is 2.19. The van der Waals surface area contributed by atoms with Crippen molar-refractivity contribution in [3.63, 3.8) is 0 Å². The molecule has 0 aliphatic heterocycles. The first-order chi connectivity index (χ1) is 13.6. The fourth-order valence-corrected chi connectivity index (χ4v) is 3.75. The molecule has 0 saturated heterocycles. The Hall–Kier alpha value is -3.20. The van der Waals surface area contributed by atoms with Crippen molar-refractivity contribution >= 4 is 16.3 Å². The van der Waals surface area contributed by atoms with Crippen molar-refractivity contribution < 1.29 is 18.6 Å². The first kappa shape index (κ1) is 18.2. The number of hydrogen-bond acceptors (Lipinski definition) is 7. The predicted molar refractivity (Wildman–Crippen MR) is 103 cm³/mol.